The number of aromatic nitrogens is 1. The van der Waals surface area contributed by atoms with Crippen molar-refractivity contribution in [3.8, 4) is 0 Å². The molecule has 0 bridgehead atoms. The Hall–Kier alpha value is -2.14. The molecule has 19 heavy (non-hydrogen) atoms. The van der Waals surface area contributed by atoms with E-state index in [0.29, 0.717) is 17.3 Å². The van der Waals surface area contributed by atoms with Gasteiger partial charge in [0, 0.05) is 31.8 Å². The fourth-order valence-corrected chi connectivity index (χ4v) is 2.07. The van der Waals surface area contributed by atoms with E-state index in [1.807, 2.05) is 0 Å². The minimum Gasteiger partial charge on any atom is -0.341 e. The van der Waals surface area contributed by atoms with Crippen LogP contribution in [0, 0.1) is 10.1 Å². The standard InChI is InChI=1S/C13H11ClN2O3/c1-9(17)13-3-2-6-15(13)8-10-4-5-11(16(18)19)7-12(10)14/h2-7H,8H2,1H3. The lowest BCUT2D eigenvalue weighted by molar-refractivity contribution is -0.384. The van der Waals surface area contributed by atoms with Crippen molar-refractivity contribution in [1.29, 1.82) is 0 Å². The number of non-ortho nitro benzene ring substituents is 1. The normalized spacial score (nSPS) is 10.4. The van der Waals surface area contributed by atoms with E-state index in [9.17, 15) is 14.9 Å². The third-order valence-electron chi connectivity index (χ3n) is 2.78. The lowest BCUT2D eigenvalue weighted by Gasteiger charge is -2.08. The van der Waals surface area contributed by atoms with Crippen LogP contribution < -0.4 is 0 Å². The van der Waals surface area contributed by atoms with Crippen molar-refractivity contribution >= 4 is 23.1 Å². The molecule has 0 aliphatic rings. The number of nitro benzene ring substituents is 1. The SMILES string of the molecule is CC(=O)c1cccn1Cc1ccc([N+](=O)[O-])cc1Cl. The Labute approximate surface area is 114 Å². The van der Waals surface area contributed by atoms with Crippen LogP contribution in [-0.4, -0.2) is 15.3 Å². The van der Waals surface area contributed by atoms with Gasteiger partial charge < -0.3 is 4.57 Å². The second-order valence-electron chi connectivity index (χ2n) is 4.11. The van der Waals surface area contributed by atoms with Gasteiger partial charge >= 0.3 is 0 Å². The average Bonchev–Trinajstić information content (AvgIpc) is 2.79. The molecule has 0 radical (unpaired) electrons. The Balaban J connectivity index is 2.31. The Kier molecular flexibility index (Phi) is 3.66. The minimum absolute atomic E-state index is 0.0389. The lowest BCUT2D eigenvalue weighted by atomic mass is 10.2. The molecule has 0 fully saturated rings. The number of Topliss-reactive ketones (excluding diaryl/α,β-unsaturated/α-hetero) is 1. The summed E-state index contributed by atoms with van der Waals surface area (Å²) >= 11 is 6.02. The summed E-state index contributed by atoms with van der Waals surface area (Å²) in [6.45, 7) is 1.89. The molecule has 1 aromatic carbocycles. The van der Waals surface area contributed by atoms with Crippen molar-refractivity contribution in [2.24, 2.45) is 0 Å². The van der Waals surface area contributed by atoms with E-state index >= 15 is 0 Å². The van der Waals surface area contributed by atoms with Gasteiger partial charge in [-0.2, -0.15) is 0 Å². The largest absolute Gasteiger partial charge is 0.341 e. The smallest absolute Gasteiger partial charge is 0.270 e. The van der Waals surface area contributed by atoms with Crippen molar-refractivity contribution in [1.82, 2.24) is 4.57 Å². The maximum Gasteiger partial charge on any atom is 0.270 e. The van der Waals surface area contributed by atoms with Gasteiger partial charge in [-0.15, -0.1) is 0 Å². The second kappa shape index (κ2) is 5.24. The van der Waals surface area contributed by atoms with Crippen LogP contribution in [0.15, 0.2) is 36.5 Å². The maximum atomic E-state index is 11.4. The van der Waals surface area contributed by atoms with Crippen LogP contribution in [-0.2, 0) is 6.54 Å². The van der Waals surface area contributed by atoms with Gasteiger partial charge in [0.05, 0.1) is 15.6 Å². The van der Waals surface area contributed by atoms with Gasteiger partial charge in [0.15, 0.2) is 5.78 Å². The highest BCUT2D eigenvalue weighted by Gasteiger charge is 2.11. The first-order chi connectivity index (χ1) is 8.99. The molecule has 0 unspecified atom stereocenters. The number of carbonyl (C=O) groups is 1. The van der Waals surface area contributed by atoms with Crippen LogP contribution >= 0.6 is 11.6 Å². The molecule has 2 aromatic rings. The zero-order valence-corrected chi connectivity index (χ0v) is 10.9. The maximum absolute atomic E-state index is 11.4. The molecule has 0 aliphatic carbocycles. The number of nitrogens with zero attached hydrogens (tertiary/aromatic N) is 2. The summed E-state index contributed by atoms with van der Waals surface area (Å²) in [4.78, 5) is 21.5. The molecule has 0 spiro atoms. The highest BCUT2D eigenvalue weighted by Crippen LogP contribution is 2.23. The molecule has 6 heteroatoms. The third kappa shape index (κ3) is 2.82. The van der Waals surface area contributed by atoms with E-state index in [4.69, 9.17) is 11.6 Å². The van der Waals surface area contributed by atoms with Crippen LogP contribution in [0.25, 0.3) is 0 Å². The number of carbonyl (C=O) groups excluding carboxylic acids is 1. The topological polar surface area (TPSA) is 65.1 Å². The van der Waals surface area contributed by atoms with E-state index in [0.717, 1.165) is 5.56 Å². The van der Waals surface area contributed by atoms with Gasteiger partial charge in [-0.05, 0) is 23.8 Å². The van der Waals surface area contributed by atoms with Crippen molar-refractivity contribution in [2.45, 2.75) is 13.5 Å². The summed E-state index contributed by atoms with van der Waals surface area (Å²) in [6, 6.07) is 7.81. The number of benzene rings is 1. The molecular formula is C13H11ClN2O3. The first-order valence-corrected chi connectivity index (χ1v) is 5.95. The Morgan fingerprint density at radius 3 is 2.74 bits per heavy atom. The molecule has 5 nitrogen and oxygen atoms in total. The van der Waals surface area contributed by atoms with E-state index in [-0.39, 0.29) is 11.5 Å². The molecule has 98 valence electrons. The summed E-state index contributed by atoms with van der Waals surface area (Å²) in [5.41, 5.74) is 1.26. The lowest BCUT2D eigenvalue weighted by Crippen LogP contribution is -2.07. The average molecular weight is 279 g/mol. The third-order valence-corrected chi connectivity index (χ3v) is 3.13. The van der Waals surface area contributed by atoms with Crippen LogP contribution in [0.1, 0.15) is 23.0 Å². The second-order valence-corrected chi connectivity index (χ2v) is 4.52. The Morgan fingerprint density at radius 1 is 1.42 bits per heavy atom. The van der Waals surface area contributed by atoms with Crippen molar-refractivity contribution in [2.75, 3.05) is 0 Å². The molecule has 1 heterocycles. The highest BCUT2D eigenvalue weighted by molar-refractivity contribution is 6.31. The number of nitro groups is 1. The molecule has 2 rings (SSSR count). The van der Waals surface area contributed by atoms with Gasteiger partial charge in [0.1, 0.15) is 0 Å². The summed E-state index contributed by atoms with van der Waals surface area (Å²) in [5.74, 6) is -0.0389. The van der Waals surface area contributed by atoms with Gasteiger partial charge in [-0.1, -0.05) is 11.6 Å². The number of hydrogen-bond donors (Lipinski definition) is 0. The van der Waals surface area contributed by atoms with Gasteiger partial charge in [-0.3, -0.25) is 14.9 Å². The molecule has 0 N–H and O–H groups in total. The number of rotatable bonds is 4. The number of halogens is 1. The van der Waals surface area contributed by atoms with Crippen molar-refractivity contribution < 1.29 is 9.72 Å². The quantitative estimate of drug-likeness (QED) is 0.490. The van der Waals surface area contributed by atoms with Crippen molar-refractivity contribution in [3.05, 3.63) is 62.9 Å². The highest BCUT2D eigenvalue weighted by atomic mass is 35.5. The van der Waals surface area contributed by atoms with Crippen molar-refractivity contribution in [3.63, 3.8) is 0 Å². The minimum atomic E-state index is -0.494. The monoisotopic (exact) mass is 278 g/mol. The zero-order chi connectivity index (χ0) is 14.0. The van der Waals surface area contributed by atoms with E-state index in [1.54, 1.807) is 29.0 Å². The molecule has 0 saturated heterocycles. The Morgan fingerprint density at radius 2 is 2.16 bits per heavy atom. The van der Waals surface area contributed by atoms with Gasteiger partial charge in [0.2, 0.25) is 0 Å². The molecule has 0 aliphatic heterocycles. The van der Waals surface area contributed by atoms with E-state index in [2.05, 4.69) is 0 Å². The summed E-state index contributed by atoms with van der Waals surface area (Å²) in [5, 5.41) is 10.9. The van der Waals surface area contributed by atoms with Gasteiger partial charge in [-0.25, -0.2) is 0 Å². The first-order valence-electron chi connectivity index (χ1n) is 5.58. The zero-order valence-electron chi connectivity index (χ0n) is 10.2. The molecule has 0 saturated carbocycles. The summed E-state index contributed by atoms with van der Waals surface area (Å²) < 4.78 is 1.76. The van der Waals surface area contributed by atoms with Gasteiger partial charge in [0.25, 0.3) is 5.69 Å². The van der Waals surface area contributed by atoms with Crippen LogP contribution in [0.4, 0.5) is 5.69 Å². The van der Waals surface area contributed by atoms with E-state index in [1.165, 1.54) is 19.1 Å². The number of ketones is 1. The predicted octanol–water partition coefficient (Wildman–Crippen LogP) is 3.30. The summed E-state index contributed by atoms with van der Waals surface area (Å²) in [7, 11) is 0. The van der Waals surface area contributed by atoms with Crippen LogP contribution in [0.2, 0.25) is 5.02 Å². The summed E-state index contributed by atoms with van der Waals surface area (Å²) in [6.07, 6.45) is 1.77. The Bertz CT molecular complexity index is 649. The first kappa shape index (κ1) is 13.3. The van der Waals surface area contributed by atoms with E-state index < -0.39 is 4.92 Å². The fraction of sp³-hybridized carbons (Fsp3) is 0.154. The predicted molar refractivity (Wildman–Crippen MR) is 71.6 cm³/mol. The van der Waals surface area contributed by atoms with Crippen LogP contribution in [0.5, 0.6) is 0 Å². The fourth-order valence-electron chi connectivity index (χ4n) is 1.83. The molecule has 1 aromatic heterocycles. The number of hydrogen-bond acceptors (Lipinski definition) is 3. The van der Waals surface area contributed by atoms with Crippen LogP contribution in [0.3, 0.4) is 0 Å². The molecule has 0 atom stereocenters. The molecular weight excluding hydrogens is 268 g/mol. The molecule has 0 amide bonds.